The fourth-order valence-corrected chi connectivity index (χ4v) is 5.19. The first-order valence-electron chi connectivity index (χ1n) is 9.28. The summed E-state index contributed by atoms with van der Waals surface area (Å²) in [5.41, 5.74) is 2.08. The van der Waals surface area contributed by atoms with E-state index in [2.05, 4.69) is 87.6 Å². The molecule has 2 fully saturated rings. The molecule has 1 saturated carbocycles. The summed E-state index contributed by atoms with van der Waals surface area (Å²) in [5.74, 6) is 0.305. The summed E-state index contributed by atoms with van der Waals surface area (Å²) in [6.45, 7) is 0. The van der Waals surface area contributed by atoms with Gasteiger partial charge in [0.25, 0.3) is 0 Å². The quantitative estimate of drug-likeness (QED) is 0.461. The van der Waals surface area contributed by atoms with Gasteiger partial charge in [0.15, 0.2) is 0 Å². The molecule has 1 aliphatic carbocycles. The Bertz CT molecular complexity index is 983. The topological polar surface area (TPSA) is 20.3 Å². The van der Waals surface area contributed by atoms with Crippen LogP contribution in [0.4, 0.5) is 5.69 Å². The highest BCUT2D eigenvalue weighted by Gasteiger charge is 2.62. The first-order valence-corrected chi connectivity index (χ1v) is 10.1. The molecule has 2 aliphatic rings. The minimum Gasteiger partial charge on any atom is -0.303 e. The van der Waals surface area contributed by atoms with E-state index in [4.69, 9.17) is 0 Å². The summed E-state index contributed by atoms with van der Waals surface area (Å²) in [7, 11) is 0. The molecule has 1 aliphatic heterocycles. The van der Waals surface area contributed by atoms with Gasteiger partial charge in [-0.05, 0) is 42.0 Å². The van der Waals surface area contributed by atoms with Gasteiger partial charge in [-0.1, -0.05) is 77.3 Å². The van der Waals surface area contributed by atoms with Gasteiger partial charge in [0.2, 0.25) is 5.91 Å². The number of hydrogen-bond donors (Lipinski definition) is 0. The Hall–Kier alpha value is -2.13. The first kappa shape index (κ1) is 16.1. The number of β-lactam (4-membered cyclic amide) rings is 1. The molecule has 0 N–H and O–H groups in total. The van der Waals surface area contributed by atoms with Crippen LogP contribution in [0, 0.1) is 5.41 Å². The predicted octanol–water partition coefficient (Wildman–Crippen LogP) is 6.25. The summed E-state index contributed by atoms with van der Waals surface area (Å²) in [6, 6.07) is 23.2. The van der Waals surface area contributed by atoms with Crippen LogP contribution in [0.2, 0.25) is 0 Å². The summed E-state index contributed by atoms with van der Waals surface area (Å²) >= 11 is 3.53. The molecule has 0 unspecified atom stereocenters. The number of carbonyl (C=O) groups excluding carboxylic acids is 1. The number of rotatable bonds is 2. The minimum absolute atomic E-state index is 0.136. The van der Waals surface area contributed by atoms with Gasteiger partial charge < -0.3 is 4.90 Å². The molecule has 0 radical (unpaired) electrons. The number of nitrogens with zero attached hydrogens (tertiary/aromatic N) is 1. The zero-order chi connectivity index (χ0) is 17.7. The summed E-state index contributed by atoms with van der Waals surface area (Å²) in [5, 5.41) is 2.33. The highest BCUT2D eigenvalue weighted by Crippen LogP contribution is 2.60. The molecule has 1 amide bonds. The third kappa shape index (κ3) is 2.20. The Balaban J connectivity index is 1.67. The fraction of sp³-hybridized carbons (Fsp3) is 0.261. The lowest BCUT2D eigenvalue weighted by Crippen LogP contribution is -2.62. The third-order valence-corrected chi connectivity index (χ3v) is 6.66. The average Bonchev–Trinajstić information content (AvgIpc) is 3.19. The molecule has 3 aromatic carbocycles. The lowest BCUT2D eigenvalue weighted by atomic mass is 9.66. The van der Waals surface area contributed by atoms with Crippen LogP contribution in [-0.2, 0) is 4.79 Å². The van der Waals surface area contributed by atoms with Crippen molar-refractivity contribution in [2.24, 2.45) is 5.41 Å². The number of benzene rings is 3. The van der Waals surface area contributed by atoms with Crippen LogP contribution in [0.1, 0.15) is 37.3 Å². The molecule has 26 heavy (non-hydrogen) atoms. The number of hydrogen-bond acceptors (Lipinski definition) is 1. The van der Waals surface area contributed by atoms with Crippen molar-refractivity contribution in [2.45, 2.75) is 31.7 Å². The van der Waals surface area contributed by atoms with Crippen LogP contribution >= 0.6 is 15.9 Å². The zero-order valence-electron chi connectivity index (χ0n) is 14.5. The smallest absolute Gasteiger partial charge is 0.236 e. The van der Waals surface area contributed by atoms with E-state index in [0.29, 0.717) is 5.91 Å². The molecule has 2 nitrogen and oxygen atoms in total. The van der Waals surface area contributed by atoms with Gasteiger partial charge >= 0.3 is 0 Å². The molecule has 1 heterocycles. The van der Waals surface area contributed by atoms with Crippen molar-refractivity contribution in [2.75, 3.05) is 4.90 Å². The average molecular weight is 406 g/mol. The van der Waals surface area contributed by atoms with Crippen LogP contribution in [0.5, 0.6) is 0 Å². The summed E-state index contributed by atoms with van der Waals surface area (Å²) in [4.78, 5) is 15.4. The number of anilines is 1. The van der Waals surface area contributed by atoms with E-state index in [1.54, 1.807) is 0 Å². The normalized spacial score (nSPS) is 21.3. The van der Waals surface area contributed by atoms with E-state index in [-0.39, 0.29) is 11.5 Å². The van der Waals surface area contributed by atoms with E-state index in [9.17, 15) is 4.79 Å². The van der Waals surface area contributed by atoms with E-state index in [0.717, 1.165) is 41.2 Å². The van der Waals surface area contributed by atoms with Gasteiger partial charge in [0, 0.05) is 9.86 Å². The van der Waals surface area contributed by atoms with Crippen molar-refractivity contribution >= 4 is 38.3 Å². The molecule has 1 atom stereocenters. The Morgan fingerprint density at radius 1 is 0.885 bits per heavy atom. The van der Waals surface area contributed by atoms with Crippen molar-refractivity contribution in [3.05, 3.63) is 76.8 Å². The monoisotopic (exact) mass is 405 g/mol. The highest BCUT2D eigenvalue weighted by atomic mass is 79.9. The van der Waals surface area contributed by atoms with Crippen molar-refractivity contribution in [1.82, 2.24) is 0 Å². The molecule has 0 bridgehead atoms. The second kappa shape index (κ2) is 5.95. The largest absolute Gasteiger partial charge is 0.303 e. The molecule has 3 heteroatoms. The highest BCUT2D eigenvalue weighted by molar-refractivity contribution is 9.10. The zero-order valence-corrected chi connectivity index (χ0v) is 16.1. The van der Waals surface area contributed by atoms with Gasteiger partial charge in [-0.25, -0.2) is 0 Å². The maximum Gasteiger partial charge on any atom is 0.236 e. The summed E-state index contributed by atoms with van der Waals surface area (Å²) < 4.78 is 1.07. The van der Waals surface area contributed by atoms with Crippen LogP contribution in [0.15, 0.2) is 71.2 Å². The van der Waals surface area contributed by atoms with E-state index in [1.165, 1.54) is 10.9 Å². The van der Waals surface area contributed by atoms with E-state index >= 15 is 0 Å². The first-order chi connectivity index (χ1) is 12.7. The number of carbonyl (C=O) groups is 1. The van der Waals surface area contributed by atoms with Gasteiger partial charge in [-0.3, -0.25) is 4.79 Å². The number of halogens is 1. The van der Waals surface area contributed by atoms with Gasteiger partial charge in [-0.2, -0.15) is 0 Å². The minimum atomic E-state index is -0.204. The van der Waals surface area contributed by atoms with Gasteiger partial charge in [-0.15, -0.1) is 0 Å². The molecule has 3 aromatic rings. The lowest BCUT2D eigenvalue weighted by Gasteiger charge is -2.55. The number of fused-ring (bicyclic) bond motifs is 1. The van der Waals surface area contributed by atoms with Crippen molar-refractivity contribution < 1.29 is 4.79 Å². The van der Waals surface area contributed by atoms with Crippen LogP contribution in [0.3, 0.4) is 0 Å². The third-order valence-electron chi connectivity index (χ3n) is 6.13. The molecule has 130 valence electrons. The Morgan fingerprint density at radius 2 is 1.58 bits per heavy atom. The van der Waals surface area contributed by atoms with Crippen LogP contribution in [-0.4, -0.2) is 5.91 Å². The fourth-order valence-electron chi connectivity index (χ4n) is 4.93. The van der Waals surface area contributed by atoms with Crippen molar-refractivity contribution in [3.63, 3.8) is 0 Å². The Kier molecular flexibility index (Phi) is 3.68. The van der Waals surface area contributed by atoms with E-state index in [1.807, 2.05) is 0 Å². The van der Waals surface area contributed by atoms with Gasteiger partial charge in [0.05, 0.1) is 17.1 Å². The molecule has 1 saturated heterocycles. The molecule has 5 rings (SSSR count). The molecular weight excluding hydrogens is 386 g/mol. The Labute approximate surface area is 162 Å². The number of amides is 1. The standard InChI is InChI=1S/C23H20BrNO/c24-18-12-10-17(11-13-18)21-23(14-3-4-15-23)22(26)25(21)20-9-5-7-16-6-1-2-8-19(16)20/h1-2,5-13,21H,3-4,14-15H2/t21-/m0/s1. The Morgan fingerprint density at radius 3 is 2.35 bits per heavy atom. The molecular formula is C23H20BrNO. The summed E-state index contributed by atoms with van der Waals surface area (Å²) in [6.07, 6.45) is 4.33. The SMILES string of the molecule is O=C1N(c2cccc3ccccc23)[C@@H](c2ccc(Br)cc2)C12CCCC2. The maximum absolute atomic E-state index is 13.4. The molecule has 1 spiro atoms. The maximum atomic E-state index is 13.4. The van der Waals surface area contributed by atoms with Crippen LogP contribution in [0.25, 0.3) is 10.8 Å². The van der Waals surface area contributed by atoms with Crippen molar-refractivity contribution in [3.8, 4) is 0 Å². The van der Waals surface area contributed by atoms with Crippen molar-refractivity contribution in [1.29, 1.82) is 0 Å². The second-order valence-corrected chi connectivity index (χ2v) is 8.41. The second-order valence-electron chi connectivity index (χ2n) is 7.49. The molecule has 0 aromatic heterocycles. The van der Waals surface area contributed by atoms with Crippen LogP contribution < -0.4 is 4.90 Å². The lowest BCUT2D eigenvalue weighted by molar-refractivity contribution is -0.139. The van der Waals surface area contributed by atoms with E-state index < -0.39 is 0 Å². The van der Waals surface area contributed by atoms with Gasteiger partial charge in [0.1, 0.15) is 0 Å². The predicted molar refractivity (Wildman–Crippen MR) is 109 cm³/mol.